The van der Waals surface area contributed by atoms with Crippen LogP contribution in [-0.4, -0.2) is 17.8 Å². The Hall–Kier alpha value is -0.860. The third-order valence-corrected chi connectivity index (χ3v) is 2.98. The molecule has 2 heteroatoms. The van der Waals surface area contributed by atoms with E-state index in [1.807, 2.05) is 0 Å². The van der Waals surface area contributed by atoms with Crippen molar-refractivity contribution in [2.45, 2.75) is 45.7 Å². The number of benzene rings is 1. The Morgan fingerprint density at radius 1 is 1.19 bits per heavy atom. The normalized spacial score (nSPS) is 14.8. The van der Waals surface area contributed by atoms with Gasteiger partial charge in [0, 0.05) is 18.7 Å². The van der Waals surface area contributed by atoms with Gasteiger partial charge in [-0.05, 0) is 37.8 Å². The van der Waals surface area contributed by atoms with Gasteiger partial charge >= 0.3 is 0 Å². The molecule has 1 rings (SSSR count). The first-order chi connectivity index (χ1) is 7.67. The number of aliphatic hydroxyl groups is 1. The maximum atomic E-state index is 8.85. The van der Waals surface area contributed by atoms with E-state index in [1.165, 1.54) is 11.1 Å². The lowest BCUT2D eigenvalue weighted by molar-refractivity contribution is 0.264. The Morgan fingerprint density at radius 2 is 1.81 bits per heavy atom. The van der Waals surface area contributed by atoms with E-state index in [4.69, 9.17) is 5.11 Å². The second-order valence-electron chi connectivity index (χ2n) is 4.40. The van der Waals surface area contributed by atoms with Crippen molar-refractivity contribution in [3.05, 3.63) is 35.4 Å². The molecule has 2 atom stereocenters. The van der Waals surface area contributed by atoms with E-state index in [0.717, 1.165) is 12.8 Å². The van der Waals surface area contributed by atoms with Gasteiger partial charge in [0.2, 0.25) is 0 Å². The van der Waals surface area contributed by atoms with Gasteiger partial charge in [0.1, 0.15) is 0 Å². The molecule has 2 nitrogen and oxygen atoms in total. The molecule has 0 bridgehead atoms. The first kappa shape index (κ1) is 13.2. The minimum Gasteiger partial charge on any atom is -0.396 e. The van der Waals surface area contributed by atoms with Crippen LogP contribution >= 0.6 is 0 Å². The van der Waals surface area contributed by atoms with Crippen LogP contribution in [0.1, 0.15) is 44.4 Å². The van der Waals surface area contributed by atoms with Crippen LogP contribution in [0.15, 0.2) is 24.3 Å². The molecular weight excluding hydrogens is 198 g/mol. The van der Waals surface area contributed by atoms with Crippen molar-refractivity contribution >= 4 is 0 Å². The predicted molar refractivity (Wildman–Crippen MR) is 68.5 cm³/mol. The lowest BCUT2D eigenvalue weighted by atomic mass is 10.0. The molecule has 90 valence electrons. The smallest absolute Gasteiger partial charge is 0.0445 e. The molecule has 0 aliphatic carbocycles. The molecule has 0 aliphatic rings. The molecule has 0 radical (unpaired) electrons. The first-order valence-electron chi connectivity index (χ1n) is 6.13. The Kier molecular flexibility index (Phi) is 5.50. The van der Waals surface area contributed by atoms with Gasteiger partial charge in [-0.15, -0.1) is 0 Å². The van der Waals surface area contributed by atoms with Gasteiger partial charge < -0.3 is 10.4 Å². The number of hydrogen-bond acceptors (Lipinski definition) is 2. The van der Waals surface area contributed by atoms with Crippen LogP contribution in [0.2, 0.25) is 0 Å². The molecule has 2 unspecified atom stereocenters. The number of aryl methyl sites for hydroxylation is 1. The Morgan fingerprint density at radius 3 is 2.31 bits per heavy atom. The van der Waals surface area contributed by atoms with E-state index in [-0.39, 0.29) is 6.61 Å². The van der Waals surface area contributed by atoms with Crippen LogP contribution in [0.3, 0.4) is 0 Å². The molecular formula is C14H23NO. The molecule has 0 aliphatic heterocycles. The van der Waals surface area contributed by atoms with E-state index in [0.29, 0.717) is 12.1 Å². The van der Waals surface area contributed by atoms with Crippen LogP contribution in [0.5, 0.6) is 0 Å². The van der Waals surface area contributed by atoms with Crippen LogP contribution in [-0.2, 0) is 6.42 Å². The Labute approximate surface area is 98.7 Å². The predicted octanol–water partition coefficient (Wildman–Crippen LogP) is 2.67. The zero-order valence-corrected chi connectivity index (χ0v) is 10.5. The van der Waals surface area contributed by atoms with Gasteiger partial charge in [-0.1, -0.05) is 31.2 Å². The summed E-state index contributed by atoms with van der Waals surface area (Å²) in [4.78, 5) is 0. The fourth-order valence-electron chi connectivity index (χ4n) is 1.84. The van der Waals surface area contributed by atoms with Crippen molar-refractivity contribution in [2.75, 3.05) is 6.61 Å². The summed E-state index contributed by atoms with van der Waals surface area (Å²) in [6.45, 7) is 6.68. The summed E-state index contributed by atoms with van der Waals surface area (Å²) >= 11 is 0. The summed E-state index contributed by atoms with van der Waals surface area (Å²) in [5.74, 6) is 0. The van der Waals surface area contributed by atoms with Crippen LogP contribution < -0.4 is 5.32 Å². The highest BCUT2D eigenvalue weighted by Gasteiger charge is 2.08. The second-order valence-corrected chi connectivity index (χ2v) is 4.40. The standard InChI is InChI=1S/C14H23NO/c1-4-13-5-7-14(8-6-13)12(3)15-11(2)9-10-16/h5-8,11-12,15-16H,4,9-10H2,1-3H3. The fraction of sp³-hybridized carbons (Fsp3) is 0.571. The first-order valence-corrected chi connectivity index (χ1v) is 6.13. The number of aliphatic hydroxyl groups excluding tert-OH is 1. The molecule has 16 heavy (non-hydrogen) atoms. The van der Waals surface area contributed by atoms with Crippen LogP contribution in [0.25, 0.3) is 0 Å². The second kappa shape index (κ2) is 6.66. The third-order valence-electron chi connectivity index (χ3n) is 2.98. The minimum atomic E-state index is 0.246. The van der Waals surface area contributed by atoms with Gasteiger partial charge in [-0.2, -0.15) is 0 Å². The highest BCUT2D eigenvalue weighted by Crippen LogP contribution is 2.14. The molecule has 0 saturated heterocycles. The molecule has 0 fully saturated rings. The van der Waals surface area contributed by atoms with Crippen molar-refractivity contribution in [1.82, 2.24) is 5.32 Å². The summed E-state index contributed by atoms with van der Waals surface area (Å²) in [5, 5.41) is 12.3. The molecule has 0 aromatic heterocycles. The lowest BCUT2D eigenvalue weighted by Gasteiger charge is -2.19. The van der Waals surface area contributed by atoms with Gasteiger partial charge in [0.25, 0.3) is 0 Å². The fourth-order valence-corrected chi connectivity index (χ4v) is 1.84. The quantitative estimate of drug-likeness (QED) is 0.774. The minimum absolute atomic E-state index is 0.246. The largest absolute Gasteiger partial charge is 0.396 e. The summed E-state index contributed by atoms with van der Waals surface area (Å²) in [6.07, 6.45) is 1.89. The van der Waals surface area contributed by atoms with Gasteiger partial charge in [0.05, 0.1) is 0 Å². The number of rotatable bonds is 6. The zero-order chi connectivity index (χ0) is 12.0. The summed E-state index contributed by atoms with van der Waals surface area (Å²) in [5.41, 5.74) is 2.68. The SMILES string of the molecule is CCc1ccc(C(C)NC(C)CCO)cc1. The van der Waals surface area contributed by atoms with E-state index in [1.54, 1.807) is 0 Å². The summed E-state index contributed by atoms with van der Waals surface area (Å²) < 4.78 is 0. The molecule has 0 amide bonds. The Bertz CT molecular complexity index is 294. The molecule has 0 saturated carbocycles. The Balaban J connectivity index is 2.55. The van der Waals surface area contributed by atoms with E-state index in [2.05, 4.69) is 50.4 Å². The molecule has 1 aromatic carbocycles. The van der Waals surface area contributed by atoms with Gasteiger partial charge in [-0.3, -0.25) is 0 Å². The molecule has 0 spiro atoms. The topological polar surface area (TPSA) is 32.3 Å². The number of nitrogens with one attached hydrogen (secondary N) is 1. The van der Waals surface area contributed by atoms with Crippen molar-refractivity contribution < 1.29 is 5.11 Å². The highest BCUT2D eigenvalue weighted by atomic mass is 16.3. The van der Waals surface area contributed by atoms with Gasteiger partial charge in [-0.25, -0.2) is 0 Å². The van der Waals surface area contributed by atoms with Crippen LogP contribution in [0.4, 0.5) is 0 Å². The average Bonchev–Trinajstić information content (AvgIpc) is 2.29. The third kappa shape index (κ3) is 3.95. The average molecular weight is 221 g/mol. The molecule has 2 N–H and O–H groups in total. The lowest BCUT2D eigenvalue weighted by Crippen LogP contribution is -2.29. The van der Waals surface area contributed by atoms with Crippen molar-refractivity contribution in [2.24, 2.45) is 0 Å². The summed E-state index contributed by atoms with van der Waals surface area (Å²) in [6, 6.07) is 9.43. The maximum absolute atomic E-state index is 8.85. The van der Waals surface area contributed by atoms with E-state index < -0.39 is 0 Å². The zero-order valence-electron chi connectivity index (χ0n) is 10.5. The number of hydrogen-bond donors (Lipinski definition) is 2. The van der Waals surface area contributed by atoms with E-state index in [9.17, 15) is 0 Å². The van der Waals surface area contributed by atoms with Crippen LogP contribution in [0, 0.1) is 0 Å². The molecule has 0 heterocycles. The van der Waals surface area contributed by atoms with Gasteiger partial charge in [0.15, 0.2) is 0 Å². The van der Waals surface area contributed by atoms with Crippen molar-refractivity contribution in [3.8, 4) is 0 Å². The van der Waals surface area contributed by atoms with E-state index >= 15 is 0 Å². The molecule has 1 aromatic rings. The summed E-state index contributed by atoms with van der Waals surface area (Å²) in [7, 11) is 0. The monoisotopic (exact) mass is 221 g/mol. The maximum Gasteiger partial charge on any atom is 0.0445 e. The van der Waals surface area contributed by atoms with Crippen molar-refractivity contribution in [3.63, 3.8) is 0 Å². The highest BCUT2D eigenvalue weighted by molar-refractivity contribution is 5.24. The van der Waals surface area contributed by atoms with Crippen molar-refractivity contribution in [1.29, 1.82) is 0 Å².